The van der Waals surface area contributed by atoms with E-state index in [-0.39, 0.29) is 0 Å². The number of fused-ring (bicyclic) bond motifs is 12. The van der Waals surface area contributed by atoms with Gasteiger partial charge >= 0.3 is 0 Å². The second-order valence-electron chi connectivity index (χ2n) is 16.1. The number of hydrogen-bond donors (Lipinski definition) is 0. The minimum Gasteiger partial charge on any atom is -0.254 e. The van der Waals surface area contributed by atoms with Crippen LogP contribution < -0.4 is 0 Å². The molecule has 61 heavy (non-hydrogen) atoms. The summed E-state index contributed by atoms with van der Waals surface area (Å²) in [5, 5.41) is 13.3. The molecule has 0 atom stereocenters. The van der Waals surface area contributed by atoms with E-state index in [1.54, 1.807) is 0 Å². The van der Waals surface area contributed by atoms with E-state index < -0.39 is 0 Å². The third-order valence-electron chi connectivity index (χ3n) is 12.3. The average molecular weight is 780 g/mol. The zero-order chi connectivity index (χ0) is 41.0. The van der Waals surface area contributed by atoms with E-state index >= 15 is 0 Å². The van der Waals surface area contributed by atoms with Gasteiger partial charge in [-0.1, -0.05) is 152 Å². The van der Waals surface area contributed by atoms with E-state index in [1.165, 1.54) is 76.3 Å². The first-order valence-corrected chi connectivity index (χ1v) is 20.9. The number of aryl methyl sites for hydroxylation is 1. The fourth-order valence-electron chi connectivity index (χ4n) is 9.34. The van der Waals surface area contributed by atoms with Crippen LogP contribution in [0.4, 0.5) is 0 Å². The lowest BCUT2D eigenvalue weighted by molar-refractivity contribution is 1.23. The zero-order valence-electron chi connectivity index (χ0n) is 34.2. The molecule has 3 aromatic heterocycles. The summed E-state index contributed by atoms with van der Waals surface area (Å²) in [5.41, 5.74) is 13.3. The Bertz CT molecular complexity index is 3630. The van der Waals surface area contributed by atoms with Crippen molar-refractivity contribution in [1.29, 1.82) is 0 Å². The molecular formula is C58H41N3. The first kappa shape index (κ1) is 36.3. The highest BCUT2D eigenvalue weighted by Crippen LogP contribution is 2.42. The number of benzene rings is 8. The summed E-state index contributed by atoms with van der Waals surface area (Å²) in [6.07, 6.45) is 13.0. The lowest BCUT2D eigenvalue weighted by atomic mass is 9.89. The van der Waals surface area contributed by atoms with E-state index in [9.17, 15) is 0 Å². The molecule has 3 heterocycles. The molecule has 0 aliphatic heterocycles. The molecule has 0 spiro atoms. The summed E-state index contributed by atoms with van der Waals surface area (Å²) in [5.74, 6) is 0. The first-order chi connectivity index (χ1) is 30.0. The molecule has 0 amide bonds. The molecule has 0 bridgehead atoms. The number of aromatic nitrogens is 3. The van der Waals surface area contributed by atoms with Crippen molar-refractivity contribution in [3.8, 4) is 33.5 Å². The van der Waals surface area contributed by atoms with Crippen molar-refractivity contribution >= 4 is 75.8 Å². The lowest BCUT2D eigenvalue weighted by Crippen LogP contribution is -1.95. The molecule has 3 heteroatoms. The molecule has 0 aliphatic carbocycles. The maximum Gasteiger partial charge on any atom is 0.0970 e. The summed E-state index contributed by atoms with van der Waals surface area (Å²) >= 11 is 0. The molecule has 0 radical (unpaired) electrons. The predicted molar refractivity (Wildman–Crippen MR) is 260 cm³/mol. The van der Waals surface area contributed by atoms with E-state index in [1.807, 2.05) is 37.5 Å². The first-order valence-electron chi connectivity index (χ1n) is 20.9. The van der Waals surface area contributed by atoms with Crippen molar-refractivity contribution in [3.05, 3.63) is 212 Å². The maximum atomic E-state index is 5.27. The van der Waals surface area contributed by atoms with Crippen molar-refractivity contribution in [2.45, 2.75) is 20.3 Å². The lowest BCUT2D eigenvalue weighted by Gasteiger charge is -2.15. The maximum absolute atomic E-state index is 5.27. The Morgan fingerprint density at radius 2 is 1.13 bits per heavy atom. The van der Waals surface area contributed by atoms with E-state index in [0.717, 1.165) is 56.1 Å². The van der Waals surface area contributed by atoms with Gasteiger partial charge in [-0.2, -0.15) is 0 Å². The van der Waals surface area contributed by atoms with Crippen LogP contribution in [0, 0.1) is 6.92 Å². The Balaban J connectivity index is 0.991. The van der Waals surface area contributed by atoms with Gasteiger partial charge in [0.25, 0.3) is 0 Å². The van der Waals surface area contributed by atoms with Crippen LogP contribution in [0.5, 0.6) is 0 Å². The van der Waals surface area contributed by atoms with Gasteiger partial charge < -0.3 is 0 Å². The van der Waals surface area contributed by atoms with Crippen LogP contribution in [0.2, 0.25) is 0 Å². The fraction of sp³-hybridized carbons (Fsp3) is 0.0517. The SMILES string of the molecule is C=C(C)/C=C\C=C/Cc1ccc2c(-c3ccc(-c4ccc5c6ccc(-c7cc8cccnc8c8ncccc78)cc6c6ccccc6c5c4)cc3)nc3ccccc3c2c1C. The van der Waals surface area contributed by atoms with Crippen molar-refractivity contribution in [2.75, 3.05) is 0 Å². The standard InChI is InChI=1S/C58H41N3/c1-36(2)13-5-4-6-14-38-25-30-50-55(37(38)3)49-18-9-10-20-54(49)61-56(50)40-23-21-39(22-24-40)41-26-28-46-47-29-27-42(34-53(47)45-17-8-7-16-44(45)52(46)33-41)51-35-43-15-11-31-59-57(43)58-48(51)19-12-32-60-58/h4-13,15-35H,1,14H2,2-3H3/b6-4-,13-5-. The Morgan fingerprint density at radius 1 is 0.525 bits per heavy atom. The highest BCUT2D eigenvalue weighted by molar-refractivity contribution is 6.26. The molecule has 11 rings (SSSR count). The van der Waals surface area contributed by atoms with Crippen molar-refractivity contribution in [3.63, 3.8) is 0 Å². The van der Waals surface area contributed by atoms with E-state index in [0.29, 0.717) is 0 Å². The zero-order valence-corrected chi connectivity index (χ0v) is 34.2. The predicted octanol–water partition coefficient (Wildman–Crippen LogP) is 15.5. The highest BCUT2D eigenvalue weighted by atomic mass is 14.7. The molecule has 288 valence electrons. The van der Waals surface area contributed by atoms with Crippen molar-refractivity contribution in [2.24, 2.45) is 0 Å². The summed E-state index contributed by atoms with van der Waals surface area (Å²) in [7, 11) is 0. The largest absolute Gasteiger partial charge is 0.254 e. The molecule has 8 aromatic carbocycles. The third kappa shape index (κ3) is 6.25. The summed E-state index contributed by atoms with van der Waals surface area (Å²) < 4.78 is 0. The van der Waals surface area contributed by atoms with Gasteiger partial charge in [0.2, 0.25) is 0 Å². The molecule has 11 aromatic rings. The van der Waals surface area contributed by atoms with E-state index in [4.69, 9.17) is 9.97 Å². The minimum atomic E-state index is 0.861. The number of allylic oxidation sites excluding steroid dienone is 5. The average Bonchev–Trinajstić information content (AvgIpc) is 3.31. The quantitative estimate of drug-likeness (QED) is 0.119. The van der Waals surface area contributed by atoms with Crippen LogP contribution in [-0.4, -0.2) is 15.0 Å². The molecule has 0 N–H and O–H groups in total. The van der Waals surface area contributed by atoms with Crippen LogP contribution in [-0.2, 0) is 6.42 Å². The van der Waals surface area contributed by atoms with Gasteiger partial charge in [-0.25, -0.2) is 4.98 Å². The van der Waals surface area contributed by atoms with Gasteiger partial charge in [0.1, 0.15) is 0 Å². The van der Waals surface area contributed by atoms with Gasteiger partial charge in [0.15, 0.2) is 0 Å². The number of para-hydroxylation sites is 1. The summed E-state index contributed by atoms with van der Waals surface area (Å²) in [6, 6.07) is 55.3. The normalized spacial score (nSPS) is 12.1. The number of nitrogens with zero attached hydrogens (tertiary/aromatic N) is 3. The smallest absolute Gasteiger partial charge is 0.0970 e. The second-order valence-corrected chi connectivity index (χ2v) is 16.1. The molecular weight excluding hydrogens is 739 g/mol. The van der Waals surface area contributed by atoms with Gasteiger partial charge in [0, 0.05) is 39.5 Å². The molecule has 0 unspecified atom stereocenters. The van der Waals surface area contributed by atoms with Gasteiger partial charge in [-0.3, -0.25) is 9.97 Å². The van der Waals surface area contributed by atoms with Crippen molar-refractivity contribution < 1.29 is 0 Å². The van der Waals surface area contributed by atoms with E-state index in [2.05, 4.69) is 176 Å². The van der Waals surface area contributed by atoms with Gasteiger partial charge in [-0.05, 0) is 128 Å². The summed E-state index contributed by atoms with van der Waals surface area (Å²) in [4.78, 5) is 14.7. The fourth-order valence-corrected chi connectivity index (χ4v) is 9.34. The molecule has 0 fully saturated rings. The minimum absolute atomic E-state index is 0.861. The summed E-state index contributed by atoms with van der Waals surface area (Å²) in [6.45, 7) is 8.22. The molecule has 3 nitrogen and oxygen atoms in total. The third-order valence-corrected chi connectivity index (χ3v) is 12.3. The Morgan fingerprint density at radius 3 is 1.90 bits per heavy atom. The van der Waals surface area contributed by atoms with Crippen LogP contribution >= 0.6 is 0 Å². The number of pyridine rings is 3. The molecule has 0 saturated heterocycles. The van der Waals surface area contributed by atoms with Gasteiger partial charge in [0.05, 0.1) is 22.2 Å². The monoisotopic (exact) mass is 779 g/mol. The Labute approximate surface area is 354 Å². The molecule has 0 saturated carbocycles. The Kier molecular flexibility index (Phi) is 8.82. The van der Waals surface area contributed by atoms with Gasteiger partial charge in [-0.15, -0.1) is 0 Å². The van der Waals surface area contributed by atoms with Crippen LogP contribution in [0.1, 0.15) is 18.1 Å². The highest BCUT2D eigenvalue weighted by Gasteiger charge is 2.17. The Hall–Kier alpha value is -7.75. The topological polar surface area (TPSA) is 38.7 Å². The van der Waals surface area contributed by atoms with Crippen LogP contribution in [0.15, 0.2) is 201 Å². The van der Waals surface area contributed by atoms with Crippen LogP contribution in [0.3, 0.4) is 0 Å². The number of rotatable bonds is 7. The molecule has 0 aliphatic rings. The van der Waals surface area contributed by atoms with Crippen LogP contribution in [0.25, 0.3) is 109 Å². The number of hydrogen-bond acceptors (Lipinski definition) is 3. The van der Waals surface area contributed by atoms with Crippen molar-refractivity contribution in [1.82, 2.24) is 15.0 Å². The second kappa shape index (κ2) is 14.8.